The number of sulfonamides is 1. The second kappa shape index (κ2) is 8.75. The van der Waals surface area contributed by atoms with Gasteiger partial charge in [-0.3, -0.25) is 4.79 Å². The summed E-state index contributed by atoms with van der Waals surface area (Å²) in [6.45, 7) is 3.53. The SMILES string of the molecule is Cc1ccc(S(=O)(=O)N2CCCN(C(=O)CCc3ccccc3O)CC2)cc1. The van der Waals surface area contributed by atoms with E-state index in [2.05, 4.69) is 0 Å². The van der Waals surface area contributed by atoms with Crippen molar-refractivity contribution in [3.63, 3.8) is 0 Å². The molecule has 1 saturated heterocycles. The van der Waals surface area contributed by atoms with Crippen LogP contribution >= 0.6 is 0 Å². The molecule has 0 atom stereocenters. The van der Waals surface area contributed by atoms with Crippen LogP contribution in [0.4, 0.5) is 0 Å². The molecule has 1 heterocycles. The number of carbonyl (C=O) groups is 1. The van der Waals surface area contributed by atoms with E-state index in [0.29, 0.717) is 45.4 Å². The summed E-state index contributed by atoms with van der Waals surface area (Å²) >= 11 is 0. The minimum atomic E-state index is -3.55. The van der Waals surface area contributed by atoms with Crippen LogP contribution in [0.25, 0.3) is 0 Å². The number of phenols is 1. The first-order valence-corrected chi connectivity index (χ1v) is 10.9. The van der Waals surface area contributed by atoms with Gasteiger partial charge in [-0.25, -0.2) is 8.42 Å². The van der Waals surface area contributed by atoms with Crippen LogP contribution in [0, 0.1) is 6.92 Å². The molecule has 1 aliphatic rings. The van der Waals surface area contributed by atoms with Gasteiger partial charge in [0.1, 0.15) is 5.75 Å². The van der Waals surface area contributed by atoms with Crippen LogP contribution in [0.15, 0.2) is 53.4 Å². The van der Waals surface area contributed by atoms with Crippen LogP contribution in [-0.2, 0) is 21.2 Å². The van der Waals surface area contributed by atoms with Crippen molar-refractivity contribution in [2.45, 2.75) is 31.1 Å². The standard InChI is InChI=1S/C21H26N2O4S/c1-17-7-10-19(11-8-17)28(26,27)23-14-4-13-22(15-16-23)21(25)12-9-18-5-2-3-6-20(18)24/h2-3,5-8,10-11,24H,4,9,12-16H2,1H3. The third kappa shape index (κ3) is 4.72. The van der Waals surface area contributed by atoms with Gasteiger partial charge < -0.3 is 10.0 Å². The van der Waals surface area contributed by atoms with Crippen molar-refractivity contribution in [2.24, 2.45) is 0 Å². The lowest BCUT2D eigenvalue weighted by Gasteiger charge is -2.22. The van der Waals surface area contributed by atoms with E-state index in [1.807, 2.05) is 13.0 Å². The van der Waals surface area contributed by atoms with Crippen LogP contribution in [-0.4, -0.2) is 54.8 Å². The molecule has 0 unspecified atom stereocenters. The molecule has 1 aliphatic heterocycles. The Kier molecular flexibility index (Phi) is 6.36. The fourth-order valence-corrected chi connectivity index (χ4v) is 4.83. The van der Waals surface area contributed by atoms with Crippen LogP contribution in [0.2, 0.25) is 0 Å². The van der Waals surface area contributed by atoms with E-state index in [-0.39, 0.29) is 16.6 Å². The number of aromatic hydroxyl groups is 1. The summed E-state index contributed by atoms with van der Waals surface area (Å²) in [6, 6.07) is 13.8. The summed E-state index contributed by atoms with van der Waals surface area (Å²) in [6.07, 6.45) is 1.36. The fourth-order valence-electron chi connectivity index (χ4n) is 3.36. The maximum atomic E-state index is 12.9. The number of amides is 1. The molecule has 150 valence electrons. The Hall–Kier alpha value is -2.38. The smallest absolute Gasteiger partial charge is 0.243 e. The molecule has 2 aromatic rings. The third-order valence-electron chi connectivity index (χ3n) is 5.07. The lowest BCUT2D eigenvalue weighted by atomic mass is 10.1. The molecule has 0 saturated carbocycles. The average Bonchev–Trinajstić information content (AvgIpc) is 2.94. The summed E-state index contributed by atoms with van der Waals surface area (Å²) in [5, 5.41) is 9.83. The number of carbonyl (C=O) groups excluding carboxylic acids is 1. The van der Waals surface area contributed by atoms with Gasteiger partial charge in [0, 0.05) is 32.6 Å². The molecule has 6 nitrogen and oxygen atoms in total. The van der Waals surface area contributed by atoms with E-state index in [1.54, 1.807) is 47.4 Å². The minimum Gasteiger partial charge on any atom is -0.508 e. The average molecular weight is 403 g/mol. The molecule has 0 radical (unpaired) electrons. The van der Waals surface area contributed by atoms with E-state index in [9.17, 15) is 18.3 Å². The van der Waals surface area contributed by atoms with E-state index < -0.39 is 10.0 Å². The summed E-state index contributed by atoms with van der Waals surface area (Å²) < 4.78 is 27.2. The Morgan fingerprint density at radius 3 is 2.43 bits per heavy atom. The van der Waals surface area contributed by atoms with Gasteiger partial charge in [0.05, 0.1) is 4.90 Å². The highest BCUT2D eigenvalue weighted by Gasteiger charge is 2.28. The highest BCUT2D eigenvalue weighted by molar-refractivity contribution is 7.89. The van der Waals surface area contributed by atoms with Gasteiger partial charge in [-0.05, 0) is 43.5 Å². The van der Waals surface area contributed by atoms with Crippen molar-refractivity contribution < 1.29 is 18.3 Å². The van der Waals surface area contributed by atoms with Gasteiger partial charge in [-0.15, -0.1) is 0 Å². The zero-order chi connectivity index (χ0) is 20.1. The predicted octanol–water partition coefficient (Wildman–Crippen LogP) is 2.56. The molecule has 1 fully saturated rings. The van der Waals surface area contributed by atoms with Gasteiger partial charge in [0.2, 0.25) is 15.9 Å². The van der Waals surface area contributed by atoms with Gasteiger partial charge in [0.25, 0.3) is 0 Å². The van der Waals surface area contributed by atoms with Crippen molar-refractivity contribution in [1.29, 1.82) is 0 Å². The number of para-hydroxylation sites is 1. The Labute approximate surface area is 166 Å². The Balaban J connectivity index is 1.60. The van der Waals surface area contributed by atoms with Gasteiger partial charge >= 0.3 is 0 Å². The molecular weight excluding hydrogens is 376 g/mol. The summed E-state index contributed by atoms with van der Waals surface area (Å²) in [5.41, 5.74) is 1.75. The molecule has 0 bridgehead atoms. The van der Waals surface area contributed by atoms with E-state index in [0.717, 1.165) is 11.1 Å². The maximum Gasteiger partial charge on any atom is 0.243 e. The first-order valence-electron chi connectivity index (χ1n) is 9.49. The maximum absolute atomic E-state index is 12.9. The van der Waals surface area contributed by atoms with E-state index in [1.165, 1.54) is 4.31 Å². The number of rotatable bonds is 5. The van der Waals surface area contributed by atoms with Gasteiger partial charge in [0.15, 0.2) is 0 Å². The number of aryl methyl sites for hydroxylation is 2. The minimum absolute atomic E-state index is 0.0159. The molecule has 0 aromatic heterocycles. The van der Waals surface area contributed by atoms with E-state index in [4.69, 9.17) is 0 Å². The number of phenolic OH excluding ortho intramolecular Hbond substituents is 1. The Bertz CT molecular complexity index is 926. The first-order chi connectivity index (χ1) is 13.4. The molecular formula is C21H26N2O4S. The molecule has 3 rings (SSSR count). The molecule has 1 amide bonds. The molecule has 28 heavy (non-hydrogen) atoms. The normalized spacial score (nSPS) is 16.0. The number of hydrogen-bond acceptors (Lipinski definition) is 4. The topological polar surface area (TPSA) is 77.9 Å². The van der Waals surface area contributed by atoms with Crippen molar-refractivity contribution in [1.82, 2.24) is 9.21 Å². The lowest BCUT2D eigenvalue weighted by molar-refractivity contribution is -0.131. The fraction of sp³-hybridized carbons (Fsp3) is 0.381. The van der Waals surface area contributed by atoms with Crippen molar-refractivity contribution in [2.75, 3.05) is 26.2 Å². The second-order valence-electron chi connectivity index (χ2n) is 7.08. The number of benzene rings is 2. The predicted molar refractivity (Wildman–Crippen MR) is 108 cm³/mol. The summed E-state index contributed by atoms with van der Waals surface area (Å²) in [5.74, 6) is 0.180. The van der Waals surface area contributed by atoms with Crippen LogP contribution < -0.4 is 0 Å². The zero-order valence-electron chi connectivity index (χ0n) is 16.0. The summed E-state index contributed by atoms with van der Waals surface area (Å²) in [4.78, 5) is 14.6. The van der Waals surface area contributed by atoms with Gasteiger partial charge in [-0.1, -0.05) is 35.9 Å². The largest absolute Gasteiger partial charge is 0.508 e. The monoisotopic (exact) mass is 402 g/mol. The quantitative estimate of drug-likeness (QED) is 0.834. The van der Waals surface area contributed by atoms with Crippen molar-refractivity contribution >= 4 is 15.9 Å². The third-order valence-corrected chi connectivity index (χ3v) is 6.98. The summed E-state index contributed by atoms with van der Waals surface area (Å²) in [7, 11) is -3.55. The molecule has 2 aromatic carbocycles. The second-order valence-corrected chi connectivity index (χ2v) is 9.02. The zero-order valence-corrected chi connectivity index (χ0v) is 16.9. The molecule has 0 aliphatic carbocycles. The van der Waals surface area contributed by atoms with Crippen LogP contribution in [0.5, 0.6) is 5.75 Å². The molecule has 0 spiro atoms. The molecule has 1 N–H and O–H groups in total. The first kappa shape index (κ1) is 20.4. The van der Waals surface area contributed by atoms with Crippen LogP contribution in [0.1, 0.15) is 24.0 Å². The lowest BCUT2D eigenvalue weighted by Crippen LogP contribution is -2.37. The van der Waals surface area contributed by atoms with E-state index >= 15 is 0 Å². The Morgan fingerprint density at radius 1 is 1.00 bits per heavy atom. The highest BCUT2D eigenvalue weighted by atomic mass is 32.2. The number of nitrogens with zero attached hydrogens (tertiary/aromatic N) is 2. The highest BCUT2D eigenvalue weighted by Crippen LogP contribution is 2.20. The van der Waals surface area contributed by atoms with Crippen molar-refractivity contribution in [3.8, 4) is 5.75 Å². The molecule has 7 heteroatoms. The van der Waals surface area contributed by atoms with Gasteiger partial charge in [-0.2, -0.15) is 4.31 Å². The number of hydrogen-bond donors (Lipinski definition) is 1. The van der Waals surface area contributed by atoms with Crippen molar-refractivity contribution in [3.05, 3.63) is 59.7 Å². The van der Waals surface area contributed by atoms with Crippen LogP contribution in [0.3, 0.4) is 0 Å². The Morgan fingerprint density at radius 2 is 1.71 bits per heavy atom.